The zero-order valence-corrected chi connectivity index (χ0v) is 28.7. The molecule has 254 valence electrons. The quantitative estimate of drug-likeness (QED) is 0.121. The predicted octanol–water partition coefficient (Wildman–Crippen LogP) is 4.30. The maximum absolute atomic E-state index is 11.9. The molecule has 1 unspecified atom stereocenters. The van der Waals surface area contributed by atoms with Crippen molar-refractivity contribution in [3.05, 3.63) is 11.9 Å². The van der Waals surface area contributed by atoms with Crippen molar-refractivity contribution in [3.63, 3.8) is 0 Å². The van der Waals surface area contributed by atoms with Crippen LogP contribution in [-0.4, -0.2) is 104 Å². The molecule has 1 aromatic rings. The molecule has 1 N–H and O–H groups in total. The number of carbonyl (C=O) groups is 3. The number of imide groups is 1. The van der Waals surface area contributed by atoms with E-state index >= 15 is 0 Å². The van der Waals surface area contributed by atoms with Gasteiger partial charge in [-0.05, 0) is 20.0 Å². The SMILES string of the molecule is CC.CC.CC.CC1CC(=O)N(Cc2cn(CCOCCOCCOCCOCCC=O)nn2)C1=O.CCCCCNC. The van der Waals surface area contributed by atoms with Crippen molar-refractivity contribution in [1.29, 1.82) is 0 Å². The molecular formula is C31H63N5O7. The fourth-order valence-corrected chi connectivity index (χ4v) is 3.30. The summed E-state index contributed by atoms with van der Waals surface area (Å²) >= 11 is 0. The number of likely N-dealkylation sites (tertiary alicyclic amines) is 1. The first-order chi connectivity index (χ1) is 21.0. The summed E-state index contributed by atoms with van der Waals surface area (Å²) in [7, 11) is 2.00. The van der Waals surface area contributed by atoms with E-state index in [1.807, 2.05) is 48.6 Å². The summed E-state index contributed by atoms with van der Waals surface area (Å²) in [6.07, 6.45) is 7.20. The smallest absolute Gasteiger partial charge is 0.232 e. The van der Waals surface area contributed by atoms with E-state index < -0.39 is 0 Å². The van der Waals surface area contributed by atoms with E-state index in [9.17, 15) is 14.4 Å². The van der Waals surface area contributed by atoms with E-state index in [2.05, 4.69) is 22.6 Å². The molecule has 2 rings (SSSR count). The Hall–Kier alpha value is -2.25. The van der Waals surface area contributed by atoms with E-state index in [1.54, 1.807) is 17.8 Å². The Morgan fingerprint density at radius 2 is 1.42 bits per heavy atom. The van der Waals surface area contributed by atoms with E-state index in [4.69, 9.17) is 18.9 Å². The van der Waals surface area contributed by atoms with Gasteiger partial charge in [-0.25, -0.2) is 4.68 Å². The molecule has 0 aromatic carbocycles. The number of amides is 2. The molecule has 0 bridgehead atoms. The third-order valence-electron chi connectivity index (χ3n) is 5.37. The first kappa shape index (κ1) is 45.2. The molecule has 2 amide bonds. The highest BCUT2D eigenvalue weighted by molar-refractivity contribution is 6.03. The van der Waals surface area contributed by atoms with Crippen LogP contribution >= 0.6 is 0 Å². The van der Waals surface area contributed by atoms with Crippen LogP contribution in [0.1, 0.15) is 93.2 Å². The molecule has 0 aliphatic carbocycles. The summed E-state index contributed by atoms with van der Waals surface area (Å²) in [5.41, 5.74) is 0.572. The number of nitrogens with zero attached hydrogens (tertiary/aromatic N) is 4. The van der Waals surface area contributed by atoms with Gasteiger partial charge in [0.15, 0.2) is 0 Å². The average molecular weight is 618 g/mol. The molecule has 1 saturated heterocycles. The fourth-order valence-electron chi connectivity index (χ4n) is 3.30. The van der Waals surface area contributed by atoms with Gasteiger partial charge in [0.05, 0.1) is 72.1 Å². The third-order valence-corrected chi connectivity index (χ3v) is 5.37. The molecule has 12 nitrogen and oxygen atoms in total. The molecule has 1 fully saturated rings. The lowest BCUT2D eigenvalue weighted by atomic mass is 10.1. The van der Waals surface area contributed by atoms with E-state index in [0.29, 0.717) is 71.5 Å². The van der Waals surface area contributed by atoms with Crippen molar-refractivity contribution < 1.29 is 33.3 Å². The van der Waals surface area contributed by atoms with E-state index in [1.165, 1.54) is 30.7 Å². The molecule has 0 radical (unpaired) electrons. The van der Waals surface area contributed by atoms with Crippen LogP contribution in [-0.2, 0) is 46.4 Å². The van der Waals surface area contributed by atoms with Crippen molar-refractivity contribution in [2.45, 2.75) is 101 Å². The zero-order valence-electron chi connectivity index (χ0n) is 28.7. The van der Waals surface area contributed by atoms with Gasteiger partial charge in [0.1, 0.15) is 12.0 Å². The Balaban J connectivity index is -0.00000105. The lowest BCUT2D eigenvalue weighted by molar-refractivity contribution is -0.140. The molecule has 0 spiro atoms. The highest BCUT2D eigenvalue weighted by Crippen LogP contribution is 2.20. The minimum absolute atomic E-state index is 0.156. The van der Waals surface area contributed by atoms with E-state index in [0.717, 1.165) is 6.29 Å². The van der Waals surface area contributed by atoms with Crippen molar-refractivity contribution in [2.75, 3.05) is 66.4 Å². The Morgan fingerprint density at radius 1 is 0.884 bits per heavy atom. The van der Waals surface area contributed by atoms with Crippen LogP contribution in [0.5, 0.6) is 0 Å². The number of aromatic nitrogens is 3. The second-order valence-corrected chi connectivity index (χ2v) is 8.61. The fraction of sp³-hybridized carbons (Fsp3) is 0.839. The number of aldehydes is 1. The standard InChI is InChI=1S/C19H30N4O7.C6H15N.3C2H6/c1-16-13-18(25)23(19(16)26)15-17-14-22(21-20-17)3-6-28-8-10-30-12-11-29-9-7-27-5-2-4-24;1-3-4-5-6-7-2;3*1-2/h4,14,16H,2-3,5-13,15H2,1H3;7H,3-6H2,1-2H3;3*1-2H3. The maximum Gasteiger partial charge on any atom is 0.232 e. The highest BCUT2D eigenvalue weighted by Gasteiger charge is 2.35. The Morgan fingerprint density at radius 3 is 1.88 bits per heavy atom. The molecule has 12 heteroatoms. The summed E-state index contributed by atoms with van der Waals surface area (Å²) in [5, 5.41) is 11.1. The number of hydrogen-bond donors (Lipinski definition) is 1. The first-order valence-corrected chi connectivity index (χ1v) is 16.2. The minimum atomic E-state index is -0.261. The van der Waals surface area contributed by atoms with Gasteiger partial charge in [-0.1, -0.05) is 73.4 Å². The molecule has 1 atom stereocenters. The van der Waals surface area contributed by atoms with Crippen molar-refractivity contribution in [3.8, 4) is 0 Å². The summed E-state index contributed by atoms with van der Waals surface area (Å²) in [6, 6.07) is 0. The number of carbonyl (C=O) groups excluding carboxylic acids is 3. The van der Waals surface area contributed by atoms with Gasteiger partial charge in [0.25, 0.3) is 0 Å². The first-order valence-electron chi connectivity index (χ1n) is 16.2. The van der Waals surface area contributed by atoms with Crippen molar-refractivity contribution >= 4 is 18.1 Å². The molecule has 1 aliphatic rings. The highest BCUT2D eigenvalue weighted by atomic mass is 16.6. The van der Waals surface area contributed by atoms with Gasteiger partial charge in [-0.15, -0.1) is 5.10 Å². The van der Waals surface area contributed by atoms with Crippen molar-refractivity contribution in [2.24, 2.45) is 5.92 Å². The minimum Gasteiger partial charge on any atom is -0.379 e. The molecule has 1 aliphatic heterocycles. The summed E-state index contributed by atoms with van der Waals surface area (Å²) in [6.45, 7) is 21.5. The lowest BCUT2D eigenvalue weighted by Gasteiger charge is -2.11. The molecule has 43 heavy (non-hydrogen) atoms. The van der Waals surface area contributed by atoms with Gasteiger partial charge >= 0.3 is 0 Å². The lowest BCUT2D eigenvalue weighted by Crippen LogP contribution is -2.29. The van der Waals surface area contributed by atoms with Crippen LogP contribution in [0.3, 0.4) is 0 Å². The Kier molecular flexibility index (Phi) is 37.8. The number of ether oxygens (including phenoxy) is 4. The average Bonchev–Trinajstić information content (AvgIpc) is 3.59. The second-order valence-electron chi connectivity index (χ2n) is 8.61. The Labute approximate surface area is 261 Å². The predicted molar refractivity (Wildman–Crippen MR) is 171 cm³/mol. The third kappa shape index (κ3) is 25.9. The Bertz CT molecular complexity index is 746. The summed E-state index contributed by atoms with van der Waals surface area (Å²) in [5.74, 6) is -0.590. The van der Waals surface area contributed by atoms with Gasteiger partial charge < -0.3 is 29.1 Å². The van der Waals surface area contributed by atoms with Crippen LogP contribution in [0, 0.1) is 5.92 Å². The normalized spacial score (nSPS) is 13.5. The van der Waals surface area contributed by atoms with Gasteiger partial charge in [-0.2, -0.15) is 0 Å². The van der Waals surface area contributed by atoms with Crippen LogP contribution in [0.4, 0.5) is 0 Å². The number of unbranched alkanes of at least 4 members (excludes halogenated alkanes) is 2. The second kappa shape index (κ2) is 35.9. The molecular weight excluding hydrogens is 554 g/mol. The topological polar surface area (TPSA) is 134 Å². The molecule has 2 heterocycles. The summed E-state index contributed by atoms with van der Waals surface area (Å²) in [4.78, 5) is 35.1. The number of rotatable bonds is 21. The number of hydrogen-bond acceptors (Lipinski definition) is 10. The number of nitrogens with one attached hydrogen (secondary N) is 1. The van der Waals surface area contributed by atoms with E-state index in [-0.39, 0.29) is 30.7 Å². The monoisotopic (exact) mass is 617 g/mol. The van der Waals surface area contributed by atoms with Crippen LogP contribution in [0.15, 0.2) is 6.20 Å². The van der Waals surface area contributed by atoms with Crippen LogP contribution < -0.4 is 5.32 Å². The maximum atomic E-state index is 11.9. The van der Waals surface area contributed by atoms with Crippen LogP contribution in [0.25, 0.3) is 0 Å². The summed E-state index contributed by atoms with van der Waals surface area (Å²) < 4.78 is 23.0. The van der Waals surface area contributed by atoms with Crippen LogP contribution in [0.2, 0.25) is 0 Å². The van der Waals surface area contributed by atoms with Gasteiger partial charge in [0.2, 0.25) is 11.8 Å². The van der Waals surface area contributed by atoms with Crippen molar-refractivity contribution in [1.82, 2.24) is 25.2 Å². The van der Waals surface area contributed by atoms with Gasteiger partial charge in [0, 0.05) is 18.8 Å². The zero-order chi connectivity index (χ0) is 33.1. The largest absolute Gasteiger partial charge is 0.379 e. The molecule has 0 saturated carbocycles. The van der Waals surface area contributed by atoms with Gasteiger partial charge in [-0.3, -0.25) is 14.5 Å². The molecule has 1 aromatic heterocycles.